The minimum absolute atomic E-state index is 0.0344. The molecule has 3 aliphatic rings. The average molecular weight is 462 g/mol. The lowest BCUT2D eigenvalue weighted by Crippen LogP contribution is -2.52. The van der Waals surface area contributed by atoms with Crippen LogP contribution in [0.1, 0.15) is 25.7 Å². The molecule has 0 radical (unpaired) electrons. The second-order valence-corrected chi connectivity index (χ2v) is 9.24. The molecular formula is C23H32ClN5O3. The van der Waals surface area contributed by atoms with Crippen LogP contribution in [0.3, 0.4) is 0 Å². The topological polar surface area (TPSA) is 76.2 Å². The quantitative estimate of drug-likeness (QED) is 0.744. The number of amides is 4. The molecule has 4 amide bonds. The Balaban J connectivity index is 1.16. The molecule has 0 spiro atoms. The Bertz CT molecular complexity index is 811. The van der Waals surface area contributed by atoms with Gasteiger partial charge in [-0.05, 0) is 49.9 Å². The van der Waals surface area contributed by atoms with Crippen molar-refractivity contribution in [2.45, 2.75) is 25.7 Å². The molecule has 3 saturated heterocycles. The summed E-state index contributed by atoms with van der Waals surface area (Å²) in [6.45, 7) is 5.71. The van der Waals surface area contributed by atoms with Gasteiger partial charge in [0.15, 0.2) is 0 Å². The molecule has 1 aromatic carbocycles. The Labute approximate surface area is 194 Å². The number of halogens is 1. The molecular weight excluding hydrogens is 430 g/mol. The Hall–Kier alpha value is -2.48. The van der Waals surface area contributed by atoms with Crippen molar-refractivity contribution in [1.82, 2.24) is 20.0 Å². The van der Waals surface area contributed by atoms with E-state index in [1.807, 2.05) is 39.0 Å². The first-order valence-corrected chi connectivity index (χ1v) is 12.0. The molecule has 0 saturated carbocycles. The standard InChI is InChI=1S/C23H32ClN5O3/c24-19-3-5-20(6-4-19)26-13-15-27(16-14-26)21(30)17-25-22(31)18-7-11-29(12-8-18)23(32)28-9-1-2-10-28/h3-6,18H,1-2,7-17H2,(H,25,31). The lowest BCUT2D eigenvalue weighted by atomic mass is 9.96. The number of rotatable bonds is 4. The maximum atomic E-state index is 12.6. The van der Waals surface area contributed by atoms with Crippen molar-refractivity contribution in [3.63, 3.8) is 0 Å². The third kappa shape index (κ3) is 5.46. The smallest absolute Gasteiger partial charge is 0.319 e. The summed E-state index contributed by atoms with van der Waals surface area (Å²) >= 11 is 5.95. The molecule has 174 valence electrons. The molecule has 8 nitrogen and oxygen atoms in total. The second kappa shape index (κ2) is 10.4. The zero-order valence-corrected chi connectivity index (χ0v) is 19.2. The molecule has 0 bridgehead atoms. The summed E-state index contributed by atoms with van der Waals surface area (Å²) in [5.74, 6) is -0.255. The van der Waals surface area contributed by atoms with Crippen LogP contribution in [0.25, 0.3) is 0 Å². The minimum Gasteiger partial charge on any atom is -0.368 e. The van der Waals surface area contributed by atoms with Gasteiger partial charge in [-0.1, -0.05) is 11.6 Å². The fourth-order valence-electron chi connectivity index (χ4n) is 4.73. The molecule has 0 atom stereocenters. The van der Waals surface area contributed by atoms with Crippen molar-refractivity contribution in [2.24, 2.45) is 5.92 Å². The van der Waals surface area contributed by atoms with Gasteiger partial charge in [0.1, 0.15) is 0 Å². The van der Waals surface area contributed by atoms with E-state index in [1.165, 1.54) is 0 Å². The van der Waals surface area contributed by atoms with Crippen molar-refractivity contribution in [3.05, 3.63) is 29.3 Å². The van der Waals surface area contributed by atoms with Crippen molar-refractivity contribution in [3.8, 4) is 0 Å². The van der Waals surface area contributed by atoms with Crippen LogP contribution in [0.2, 0.25) is 5.02 Å². The van der Waals surface area contributed by atoms with Crippen molar-refractivity contribution in [1.29, 1.82) is 0 Å². The fraction of sp³-hybridized carbons (Fsp3) is 0.609. The van der Waals surface area contributed by atoms with E-state index >= 15 is 0 Å². The monoisotopic (exact) mass is 461 g/mol. The van der Waals surface area contributed by atoms with Gasteiger partial charge in [-0.15, -0.1) is 0 Å². The highest BCUT2D eigenvalue weighted by Crippen LogP contribution is 2.21. The van der Waals surface area contributed by atoms with E-state index in [-0.39, 0.29) is 30.3 Å². The van der Waals surface area contributed by atoms with Crippen LogP contribution < -0.4 is 10.2 Å². The van der Waals surface area contributed by atoms with Crippen molar-refractivity contribution < 1.29 is 14.4 Å². The van der Waals surface area contributed by atoms with Gasteiger partial charge in [0.25, 0.3) is 0 Å². The zero-order chi connectivity index (χ0) is 22.5. The highest BCUT2D eigenvalue weighted by atomic mass is 35.5. The molecule has 0 unspecified atom stereocenters. The maximum absolute atomic E-state index is 12.6. The zero-order valence-electron chi connectivity index (χ0n) is 18.5. The van der Waals surface area contributed by atoms with E-state index in [1.54, 1.807) is 0 Å². The first kappa shape index (κ1) is 22.7. The predicted molar refractivity (Wildman–Crippen MR) is 124 cm³/mol. The normalized spacial score (nSPS) is 19.9. The molecule has 0 aliphatic carbocycles. The third-order valence-corrected chi connectivity index (χ3v) is 7.00. The molecule has 4 rings (SSSR count). The number of nitrogens with zero attached hydrogens (tertiary/aromatic N) is 4. The van der Waals surface area contributed by atoms with E-state index in [9.17, 15) is 14.4 Å². The molecule has 1 aromatic rings. The highest BCUT2D eigenvalue weighted by molar-refractivity contribution is 6.30. The summed E-state index contributed by atoms with van der Waals surface area (Å²) in [5.41, 5.74) is 1.10. The average Bonchev–Trinajstić information content (AvgIpc) is 3.38. The molecule has 32 heavy (non-hydrogen) atoms. The van der Waals surface area contributed by atoms with Crippen LogP contribution >= 0.6 is 11.6 Å². The maximum Gasteiger partial charge on any atom is 0.319 e. The number of anilines is 1. The largest absolute Gasteiger partial charge is 0.368 e. The number of likely N-dealkylation sites (tertiary alicyclic amines) is 2. The van der Waals surface area contributed by atoms with E-state index in [0.29, 0.717) is 44.0 Å². The summed E-state index contributed by atoms with van der Waals surface area (Å²) in [6, 6.07) is 7.83. The molecule has 3 fully saturated rings. The van der Waals surface area contributed by atoms with Gasteiger partial charge in [0.05, 0.1) is 6.54 Å². The molecule has 3 heterocycles. The number of nitrogens with one attached hydrogen (secondary N) is 1. The summed E-state index contributed by atoms with van der Waals surface area (Å²) in [6.07, 6.45) is 3.46. The number of hydrogen-bond acceptors (Lipinski definition) is 4. The Morgan fingerprint density at radius 1 is 0.812 bits per heavy atom. The first-order valence-electron chi connectivity index (χ1n) is 11.6. The number of benzene rings is 1. The van der Waals surface area contributed by atoms with Crippen LogP contribution in [0.5, 0.6) is 0 Å². The summed E-state index contributed by atoms with van der Waals surface area (Å²) < 4.78 is 0. The van der Waals surface area contributed by atoms with Crippen LogP contribution in [0.15, 0.2) is 24.3 Å². The second-order valence-electron chi connectivity index (χ2n) is 8.80. The number of piperidine rings is 1. The highest BCUT2D eigenvalue weighted by Gasteiger charge is 2.31. The van der Waals surface area contributed by atoms with Crippen LogP contribution in [-0.4, -0.2) is 91.4 Å². The molecule has 9 heteroatoms. The van der Waals surface area contributed by atoms with E-state index in [0.717, 1.165) is 44.7 Å². The van der Waals surface area contributed by atoms with Crippen LogP contribution in [-0.2, 0) is 9.59 Å². The van der Waals surface area contributed by atoms with Gasteiger partial charge < -0.3 is 24.9 Å². The SMILES string of the molecule is O=C(NCC(=O)N1CCN(c2ccc(Cl)cc2)CC1)C1CCN(C(=O)N2CCCC2)CC1. The summed E-state index contributed by atoms with van der Waals surface area (Å²) in [7, 11) is 0. The lowest BCUT2D eigenvalue weighted by Gasteiger charge is -2.36. The van der Waals surface area contributed by atoms with Gasteiger partial charge in [-0.3, -0.25) is 9.59 Å². The Morgan fingerprint density at radius 3 is 2.03 bits per heavy atom. The number of hydrogen-bond donors (Lipinski definition) is 1. The van der Waals surface area contributed by atoms with Crippen molar-refractivity contribution >= 4 is 35.1 Å². The first-order chi connectivity index (χ1) is 15.5. The van der Waals surface area contributed by atoms with E-state index in [2.05, 4.69) is 10.2 Å². The minimum atomic E-state index is -0.132. The lowest BCUT2D eigenvalue weighted by molar-refractivity contribution is -0.134. The van der Waals surface area contributed by atoms with E-state index < -0.39 is 0 Å². The summed E-state index contributed by atoms with van der Waals surface area (Å²) in [5, 5.41) is 3.54. The summed E-state index contributed by atoms with van der Waals surface area (Å²) in [4.78, 5) is 45.4. The fourth-order valence-corrected chi connectivity index (χ4v) is 4.85. The number of urea groups is 1. The van der Waals surface area contributed by atoms with Gasteiger partial charge in [-0.25, -0.2) is 4.79 Å². The van der Waals surface area contributed by atoms with E-state index in [4.69, 9.17) is 11.6 Å². The van der Waals surface area contributed by atoms with Gasteiger partial charge in [-0.2, -0.15) is 0 Å². The number of carbonyl (C=O) groups excluding carboxylic acids is 3. The Morgan fingerprint density at radius 2 is 1.41 bits per heavy atom. The van der Waals surface area contributed by atoms with Crippen LogP contribution in [0, 0.1) is 5.92 Å². The van der Waals surface area contributed by atoms with Crippen LogP contribution in [0.4, 0.5) is 10.5 Å². The predicted octanol–water partition coefficient (Wildman–Crippen LogP) is 2.03. The molecule has 0 aromatic heterocycles. The number of piperazine rings is 1. The van der Waals surface area contributed by atoms with Gasteiger partial charge >= 0.3 is 6.03 Å². The number of carbonyl (C=O) groups is 3. The van der Waals surface area contributed by atoms with Gasteiger partial charge in [0.2, 0.25) is 11.8 Å². The molecule has 3 aliphatic heterocycles. The Kier molecular flexibility index (Phi) is 7.40. The third-order valence-electron chi connectivity index (χ3n) is 6.75. The van der Waals surface area contributed by atoms with Gasteiger partial charge in [0, 0.05) is 69.0 Å². The molecule has 1 N–H and O–H groups in total. The van der Waals surface area contributed by atoms with Crippen molar-refractivity contribution in [2.75, 3.05) is 63.8 Å².